The van der Waals surface area contributed by atoms with Crippen LogP contribution in [0.15, 0.2) is 42.5 Å². The van der Waals surface area contributed by atoms with Gasteiger partial charge in [-0.25, -0.2) is 4.98 Å². The standard InChI is InChI=1S/C24H25N3O3S/c1-3-14-30-21-15-17(8-9-20(21)29-2)16-25-23(28)18-10-12-27(13-11-18)24-26-19-6-4-5-7-22(19)31-24/h1,4-9,15,18H,10-14,16H2,2H3,(H,25,28). The third kappa shape index (κ3) is 4.92. The van der Waals surface area contributed by atoms with Crippen molar-refractivity contribution in [2.24, 2.45) is 5.92 Å². The lowest BCUT2D eigenvalue weighted by Crippen LogP contribution is -2.40. The summed E-state index contributed by atoms with van der Waals surface area (Å²) in [4.78, 5) is 19.7. The number of anilines is 1. The van der Waals surface area contributed by atoms with Gasteiger partial charge in [-0.15, -0.1) is 6.42 Å². The van der Waals surface area contributed by atoms with Gasteiger partial charge in [0, 0.05) is 25.6 Å². The van der Waals surface area contributed by atoms with Crippen molar-refractivity contribution in [3.63, 3.8) is 0 Å². The second-order valence-electron chi connectivity index (χ2n) is 7.42. The summed E-state index contributed by atoms with van der Waals surface area (Å²) in [6.45, 7) is 2.28. The van der Waals surface area contributed by atoms with E-state index in [1.54, 1.807) is 18.4 Å². The van der Waals surface area contributed by atoms with E-state index in [0.29, 0.717) is 18.0 Å². The summed E-state index contributed by atoms with van der Waals surface area (Å²) >= 11 is 1.71. The maximum absolute atomic E-state index is 12.7. The molecule has 0 spiro atoms. The van der Waals surface area contributed by atoms with Crippen LogP contribution in [0.3, 0.4) is 0 Å². The van der Waals surface area contributed by atoms with E-state index in [1.165, 1.54) is 4.70 Å². The molecule has 1 fully saturated rings. The Morgan fingerprint density at radius 1 is 1.26 bits per heavy atom. The Bertz CT molecular complexity index is 1060. The molecule has 0 unspecified atom stereocenters. The average Bonchev–Trinajstić information content (AvgIpc) is 3.25. The van der Waals surface area contributed by atoms with Crippen molar-refractivity contribution in [3.05, 3.63) is 48.0 Å². The van der Waals surface area contributed by atoms with Crippen LogP contribution < -0.4 is 19.7 Å². The molecule has 0 saturated carbocycles. The Balaban J connectivity index is 1.30. The van der Waals surface area contributed by atoms with Gasteiger partial charge in [0.2, 0.25) is 5.91 Å². The first-order valence-electron chi connectivity index (χ1n) is 10.3. The molecule has 0 atom stereocenters. The van der Waals surface area contributed by atoms with E-state index in [4.69, 9.17) is 20.9 Å². The molecule has 4 rings (SSSR count). The van der Waals surface area contributed by atoms with Gasteiger partial charge in [-0.1, -0.05) is 35.5 Å². The summed E-state index contributed by atoms with van der Waals surface area (Å²) in [5.41, 5.74) is 1.97. The predicted molar refractivity (Wildman–Crippen MR) is 124 cm³/mol. The number of rotatable bonds is 7. The minimum atomic E-state index is 0.0148. The number of nitrogens with one attached hydrogen (secondary N) is 1. The largest absolute Gasteiger partial charge is 0.493 e. The summed E-state index contributed by atoms with van der Waals surface area (Å²) in [6, 6.07) is 13.8. The molecule has 0 radical (unpaired) electrons. The number of carbonyl (C=O) groups is 1. The van der Waals surface area contributed by atoms with Crippen LogP contribution in [0.2, 0.25) is 0 Å². The van der Waals surface area contributed by atoms with Crippen molar-refractivity contribution in [1.82, 2.24) is 10.3 Å². The highest BCUT2D eigenvalue weighted by atomic mass is 32.1. The molecular formula is C24H25N3O3S. The van der Waals surface area contributed by atoms with Gasteiger partial charge < -0.3 is 19.7 Å². The zero-order valence-corrected chi connectivity index (χ0v) is 18.3. The van der Waals surface area contributed by atoms with Crippen LogP contribution >= 0.6 is 11.3 Å². The lowest BCUT2D eigenvalue weighted by Gasteiger charge is -2.31. The molecule has 2 heterocycles. The third-order valence-corrected chi connectivity index (χ3v) is 6.52. The number of terminal acetylenes is 1. The van der Waals surface area contributed by atoms with Crippen LogP contribution in [-0.2, 0) is 11.3 Å². The number of aromatic nitrogens is 1. The third-order valence-electron chi connectivity index (χ3n) is 5.42. The highest BCUT2D eigenvalue weighted by molar-refractivity contribution is 7.22. The minimum absolute atomic E-state index is 0.0148. The summed E-state index contributed by atoms with van der Waals surface area (Å²) in [5.74, 6) is 3.75. The molecule has 0 aliphatic carbocycles. The number of methoxy groups -OCH3 is 1. The second-order valence-corrected chi connectivity index (χ2v) is 8.43. The molecule has 6 nitrogen and oxygen atoms in total. The van der Waals surface area contributed by atoms with E-state index in [9.17, 15) is 4.79 Å². The highest BCUT2D eigenvalue weighted by Crippen LogP contribution is 2.31. The molecule has 31 heavy (non-hydrogen) atoms. The molecule has 7 heteroatoms. The van der Waals surface area contributed by atoms with Crippen molar-refractivity contribution in [1.29, 1.82) is 0 Å². The fourth-order valence-electron chi connectivity index (χ4n) is 3.73. The summed E-state index contributed by atoms with van der Waals surface area (Å²) < 4.78 is 12.0. The summed E-state index contributed by atoms with van der Waals surface area (Å²) in [5, 5.41) is 4.10. The van der Waals surface area contributed by atoms with Gasteiger partial charge in [-0.2, -0.15) is 0 Å². The molecule has 1 amide bonds. The number of hydrogen-bond donors (Lipinski definition) is 1. The number of ether oxygens (including phenoxy) is 2. The monoisotopic (exact) mass is 435 g/mol. The number of amides is 1. The number of thiazole rings is 1. The Labute approximate surface area is 186 Å². The van der Waals surface area contributed by atoms with Crippen LogP contribution in [0.4, 0.5) is 5.13 Å². The van der Waals surface area contributed by atoms with Crippen molar-refractivity contribution in [2.75, 3.05) is 31.7 Å². The van der Waals surface area contributed by atoms with Gasteiger partial charge in [-0.3, -0.25) is 4.79 Å². The van der Waals surface area contributed by atoms with Gasteiger partial charge in [0.05, 0.1) is 17.3 Å². The maximum Gasteiger partial charge on any atom is 0.223 e. The Hall–Kier alpha value is -3.24. The zero-order valence-electron chi connectivity index (χ0n) is 17.5. The Kier molecular flexibility index (Phi) is 6.58. The van der Waals surface area contributed by atoms with Gasteiger partial charge in [-0.05, 0) is 42.7 Å². The summed E-state index contributed by atoms with van der Waals surface area (Å²) in [7, 11) is 1.58. The topological polar surface area (TPSA) is 63.7 Å². The number of para-hydroxylation sites is 1. The van der Waals surface area contributed by atoms with E-state index in [0.717, 1.165) is 42.1 Å². The van der Waals surface area contributed by atoms with E-state index in [-0.39, 0.29) is 18.4 Å². The van der Waals surface area contributed by atoms with Crippen molar-refractivity contribution < 1.29 is 14.3 Å². The van der Waals surface area contributed by atoms with Gasteiger partial charge in [0.1, 0.15) is 6.61 Å². The van der Waals surface area contributed by atoms with Crippen LogP contribution in [0.5, 0.6) is 11.5 Å². The van der Waals surface area contributed by atoms with E-state index in [2.05, 4.69) is 22.2 Å². The van der Waals surface area contributed by atoms with Crippen LogP contribution in [0.25, 0.3) is 10.2 Å². The lowest BCUT2D eigenvalue weighted by atomic mass is 9.96. The number of fused-ring (bicyclic) bond motifs is 1. The molecule has 2 aromatic carbocycles. The van der Waals surface area contributed by atoms with E-state index >= 15 is 0 Å². The molecule has 160 valence electrons. The quantitative estimate of drug-likeness (QED) is 0.571. The molecular weight excluding hydrogens is 410 g/mol. The molecule has 0 bridgehead atoms. The maximum atomic E-state index is 12.7. The normalized spacial score (nSPS) is 14.3. The SMILES string of the molecule is C#CCOc1cc(CNC(=O)C2CCN(c3nc4ccccc4s3)CC2)ccc1OC. The van der Waals surface area contributed by atoms with Crippen molar-refractivity contribution in [3.8, 4) is 23.8 Å². The van der Waals surface area contributed by atoms with Gasteiger partial charge in [0.15, 0.2) is 16.6 Å². The first kappa shape index (κ1) is 21.0. The number of nitrogens with zero attached hydrogens (tertiary/aromatic N) is 2. The van der Waals surface area contributed by atoms with Crippen LogP contribution in [-0.4, -0.2) is 37.7 Å². The fraction of sp³-hybridized carbons (Fsp3) is 0.333. The number of piperidine rings is 1. The number of benzene rings is 2. The lowest BCUT2D eigenvalue weighted by molar-refractivity contribution is -0.125. The molecule has 3 aromatic rings. The molecule has 1 N–H and O–H groups in total. The fourth-order valence-corrected chi connectivity index (χ4v) is 4.74. The molecule has 1 saturated heterocycles. The first-order chi connectivity index (χ1) is 15.2. The van der Waals surface area contributed by atoms with Crippen LogP contribution in [0.1, 0.15) is 18.4 Å². The van der Waals surface area contributed by atoms with Crippen LogP contribution in [0, 0.1) is 18.3 Å². The zero-order chi connectivity index (χ0) is 21.6. The molecule has 1 aliphatic heterocycles. The van der Waals surface area contributed by atoms with E-state index in [1.807, 2.05) is 36.4 Å². The Morgan fingerprint density at radius 3 is 2.81 bits per heavy atom. The van der Waals surface area contributed by atoms with Gasteiger partial charge in [0.25, 0.3) is 0 Å². The van der Waals surface area contributed by atoms with Crippen molar-refractivity contribution in [2.45, 2.75) is 19.4 Å². The molecule has 1 aliphatic rings. The molecule has 1 aromatic heterocycles. The predicted octanol–water partition coefficient (Wildman–Crippen LogP) is 3.85. The first-order valence-corrected chi connectivity index (χ1v) is 11.1. The smallest absolute Gasteiger partial charge is 0.223 e. The average molecular weight is 436 g/mol. The number of hydrogen-bond acceptors (Lipinski definition) is 6. The summed E-state index contributed by atoms with van der Waals surface area (Å²) in [6.07, 6.45) is 6.91. The number of carbonyl (C=O) groups excluding carboxylic acids is 1. The second kappa shape index (κ2) is 9.71. The highest BCUT2D eigenvalue weighted by Gasteiger charge is 2.26. The van der Waals surface area contributed by atoms with Gasteiger partial charge >= 0.3 is 0 Å². The Morgan fingerprint density at radius 2 is 2.06 bits per heavy atom. The van der Waals surface area contributed by atoms with Crippen molar-refractivity contribution >= 4 is 32.6 Å². The minimum Gasteiger partial charge on any atom is -0.493 e. The van der Waals surface area contributed by atoms with E-state index < -0.39 is 0 Å².